The molecule has 124 valence electrons. The molecule has 6 nitrogen and oxygen atoms in total. The zero-order chi connectivity index (χ0) is 16.5. The van der Waals surface area contributed by atoms with E-state index in [1.54, 1.807) is 18.6 Å². The van der Waals surface area contributed by atoms with Crippen LogP contribution in [0.15, 0.2) is 31.0 Å². The number of aromatic nitrogens is 5. The first-order valence-corrected chi connectivity index (χ1v) is 8.59. The second-order valence-corrected chi connectivity index (χ2v) is 6.70. The largest absolute Gasteiger partial charge is 0.366 e. The molecular formula is C18H22N6. The molecule has 3 aromatic heterocycles. The Morgan fingerprint density at radius 2 is 1.96 bits per heavy atom. The number of nitrogens with one attached hydrogen (secondary N) is 1. The quantitative estimate of drug-likeness (QED) is 0.799. The van der Waals surface area contributed by atoms with E-state index in [1.165, 1.54) is 25.7 Å². The summed E-state index contributed by atoms with van der Waals surface area (Å²) in [7, 11) is 0. The van der Waals surface area contributed by atoms with Gasteiger partial charge in [0, 0.05) is 12.2 Å². The highest BCUT2D eigenvalue weighted by Crippen LogP contribution is 2.27. The van der Waals surface area contributed by atoms with Crippen molar-refractivity contribution in [1.29, 1.82) is 0 Å². The lowest BCUT2D eigenvalue weighted by Crippen LogP contribution is -2.30. The van der Waals surface area contributed by atoms with Crippen LogP contribution in [0.25, 0.3) is 17.0 Å². The Morgan fingerprint density at radius 3 is 2.83 bits per heavy atom. The van der Waals surface area contributed by atoms with Gasteiger partial charge in [0.2, 0.25) is 0 Å². The first kappa shape index (κ1) is 15.1. The van der Waals surface area contributed by atoms with Crippen molar-refractivity contribution >= 4 is 11.5 Å². The maximum Gasteiger partial charge on any atom is 0.155 e. The molecule has 0 spiro atoms. The predicted octanol–water partition coefficient (Wildman–Crippen LogP) is 3.49. The molecule has 0 aliphatic heterocycles. The molecule has 6 heteroatoms. The lowest BCUT2D eigenvalue weighted by molar-refractivity contribution is 0.349. The van der Waals surface area contributed by atoms with Crippen LogP contribution in [-0.2, 0) is 0 Å². The predicted molar refractivity (Wildman–Crippen MR) is 93.8 cm³/mol. The Labute approximate surface area is 141 Å². The van der Waals surface area contributed by atoms with Crippen LogP contribution in [0.4, 0.5) is 5.82 Å². The van der Waals surface area contributed by atoms with Crippen LogP contribution in [0, 0.1) is 12.8 Å². The average Bonchev–Trinajstić information content (AvgIpc) is 3.00. The van der Waals surface area contributed by atoms with Crippen molar-refractivity contribution in [2.24, 2.45) is 5.92 Å². The fourth-order valence-corrected chi connectivity index (χ4v) is 3.46. The molecule has 4 rings (SSSR count). The first-order chi connectivity index (χ1) is 11.7. The molecule has 0 bridgehead atoms. The molecule has 0 unspecified atom stereocenters. The van der Waals surface area contributed by atoms with Crippen LogP contribution in [0.1, 0.15) is 38.3 Å². The van der Waals surface area contributed by atoms with Crippen molar-refractivity contribution in [2.75, 3.05) is 5.32 Å². The number of aryl methyl sites for hydroxylation is 1. The standard InChI is InChI=1S/C18H22N6/c1-12-5-3-4-6-14(12)22-17-9-19-7-15(23-17)16-8-21-18-10-20-13(2)11-24(16)18/h7-12,14H,3-6H2,1-2H3,(H,22,23)/t12-,14+/m0/s1. The summed E-state index contributed by atoms with van der Waals surface area (Å²) in [6, 6.07) is 0.483. The zero-order valence-corrected chi connectivity index (χ0v) is 14.1. The Bertz CT molecular complexity index is 856. The molecule has 0 saturated heterocycles. The normalized spacial score (nSPS) is 21.1. The van der Waals surface area contributed by atoms with E-state index in [1.807, 2.05) is 23.7 Å². The third kappa shape index (κ3) is 2.84. The fourth-order valence-electron chi connectivity index (χ4n) is 3.46. The molecule has 0 amide bonds. The van der Waals surface area contributed by atoms with Gasteiger partial charge >= 0.3 is 0 Å². The molecule has 3 aromatic rings. The minimum absolute atomic E-state index is 0.483. The van der Waals surface area contributed by atoms with Gasteiger partial charge in [-0.1, -0.05) is 19.8 Å². The van der Waals surface area contributed by atoms with Crippen LogP contribution in [0.2, 0.25) is 0 Å². The number of hydrogen-bond acceptors (Lipinski definition) is 5. The first-order valence-electron chi connectivity index (χ1n) is 8.59. The van der Waals surface area contributed by atoms with Crippen molar-refractivity contribution in [3.05, 3.63) is 36.7 Å². The molecule has 0 radical (unpaired) electrons. The van der Waals surface area contributed by atoms with Gasteiger partial charge in [-0.2, -0.15) is 0 Å². The summed E-state index contributed by atoms with van der Waals surface area (Å²) < 4.78 is 2.01. The molecule has 1 aliphatic carbocycles. The topological polar surface area (TPSA) is 68.0 Å². The molecule has 1 aliphatic rings. The highest BCUT2D eigenvalue weighted by Gasteiger charge is 2.21. The maximum absolute atomic E-state index is 4.77. The van der Waals surface area contributed by atoms with E-state index in [0.29, 0.717) is 12.0 Å². The van der Waals surface area contributed by atoms with Gasteiger partial charge in [-0.05, 0) is 25.7 Å². The van der Waals surface area contributed by atoms with Crippen LogP contribution in [-0.4, -0.2) is 30.4 Å². The molecule has 24 heavy (non-hydrogen) atoms. The van der Waals surface area contributed by atoms with E-state index in [4.69, 9.17) is 4.98 Å². The maximum atomic E-state index is 4.77. The van der Waals surface area contributed by atoms with Crippen molar-refractivity contribution < 1.29 is 0 Å². The summed E-state index contributed by atoms with van der Waals surface area (Å²) in [6.45, 7) is 4.28. The minimum Gasteiger partial charge on any atom is -0.366 e. The van der Waals surface area contributed by atoms with Crippen LogP contribution >= 0.6 is 0 Å². The summed E-state index contributed by atoms with van der Waals surface area (Å²) in [5.41, 5.74) is 3.52. The molecule has 3 heterocycles. The number of hydrogen-bond donors (Lipinski definition) is 1. The number of anilines is 1. The van der Waals surface area contributed by atoms with Crippen molar-refractivity contribution in [3.63, 3.8) is 0 Å². The van der Waals surface area contributed by atoms with Crippen LogP contribution in [0.3, 0.4) is 0 Å². The van der Waals surface area contributed by atoms with Gasteiger partial charge < -0.3 is 5.32 Å². The van der Waals surface area contributed by atoms with Gasteiger partial charge in [0.05, 0.1) is 36.2 Å². The third-order valence-corrected chi connectivity index (χ3v) is 4.87. The van der Waals surface area contributed by atoms with Crippen LogP contribution in [0.5, 0.6) is 0 Å². The average molecular weight is 322 g/mol. The minimum atomic E-state index is 0.483. The smallest absolute Gasteiger partial charge is 0.155 e. The Balaban J connectivity index is 1.65. The summed E-state index contributed by atoms with van der Waals surface area (Å²) >= 11 is 0. The van der Waals surface area contributed by atoms with E-state index in [0.717, 1.165) is 28.5 Å². The number of imidazole rings is 1. The summed E-state index contributed by atoms with van der Waals surface area (Å²) in [6.07, 6.45) is 14.3. The number of fused-ring (bicyclic) bond motifs is 1. The van der Waals surface area contributed by atoms with E-state index >= 15 is 0 Å². The van der Waals surface area contributed by atoms with Gasteiger partial charge in [-0.25, -0.2) is 9.97 Å². The van der Waals surface area contributed by atoms with E-state index < -0.39 is 0 Å². The molecule has 1 N–H and O–H groups in total. The van der Waals surface area contributed by atoms with Gasteiger partial charge in [0.1, 0.15) is 11.5 Å². The molecule has 1 saturated carbocycles. The molecule has 0 aromatic carbocycles. The lowest BCUT2D eigenvalue weighted by atomic mass is 9.86. The zero-order valence-electron chi connectivity index (χ0n) is 14.1. The van der Waals surface area contributed by atoms with Crippen molar-refractivity contribution in [1.82, 2.24) is 24.3 Å². The van der Waals surface area contributed by atoms with Gasteiger partial charge in [-0.3, -0.25) is 14.4 Å². The highest BCUT2D eigenvalue weighted by molar-refractivity contribution is 5.60. The third-order valence-electron chi connectivity index (χ3n) is 4.87. The Kier molecular flexibility index (Phi) is 3.88. The lowest BCUT2D eigenvalue weighted by Gasteiger charge is -2.29. The monoisotopic (exact) mass is 322 g/mol. The molecule has 2 atom stereocenters. The van der Waals surface area contributed by atoms with E-state index in [9.17, 15) is 0 Å². The summed E-state index contributed by atoms with van der Waals surface area (Å²) in [5.74, 6) is 1.51. The number of nitrogens with zero attached hydrogens (tertiary/aromatic N) is 5. The SMILES string of the molecule is Cc1cn2c(-c3cncc(N[C@@H]4CCCC[C@@H]4C)n3)cnc2cn1. The molecule has 1 fully saturated rings. The Hall–Kier alpha value is -2.50. The van der Waals surface area contributed by atoms with E-state index in [-0.39, 0.29) is 0 Å². The second kappa shape index (κ2) is 6.19. The van der Waals surface area contributed by atoms with Gasteiger partial charge in [0.25, 0.3) is 0 Å². The highest BCUT2D eigenvalue weighted by atomic mass is 15.1. The molecular weight excluding hydrogens is 300 g/mol. The van der Waals surface area contributed by atoms with Crippen molar-refractivity contribution in [2.45, 2.75) is 45.6 Å². The second-order valence-electron chi connectivity index (χ2n) is 6.70. The number of rotatable bonds is 3. The van der Waals surface area contributed by atoms with E-state index in [2.05, 4.69) is 27.2 Å². The van der Waals surface area contributed by atoms with Gasteiger partial charge in [0.15, 0.2) is 5.65 Å². The van der Waals surface area contributed by atoms with Crippen molar-refractivity contribution in [3.8, 4) is 11.4 Å². The Morgan fingerprint density at radius 1 is 1.08 bits per heavy atom. The summed E-state index contributed by atoms with van der Waals surface area (Å²) in [4.78, 5) is 17.8. The fraction of sp³-hybridized carbons (Fsp3) is 0.444. The summed E-state index contributed by atoms with van der Waals surface area (Å²) in [5, 5.41) is 3.58. The van der Waals surface area contributed by atoms with Crippen LogP contribution < -0.4 is 5.32 Å². The van der Waals surface area contributed by atoms with Gasteiger partial charge in [-0.15, -0.1) is 0 Å².